The van der Waals surface area contributed by atoms with Crippen LogP contribution in [0.2, 0.25) is 0 Å². The second-order valence-electron chi connectivity index (χ2n) is 5.02. The predicted molar refractivity (Wildman–Crippen MR) is 97.2 cm³/mol. The molecule has 0 aliphatic rings. The number of nitrogens with zero attached hydrogens (tertiary/aromatic N) is 2. The number of carbonyl (C=O) groups is 1. The number of anilines is 1. The van der Waals surface area contributed by atoms with Crippen LogP contribution in [0, 0.1) is 0 Å². The van der Waals surface area contributed by atoms with Gasteiger partial charge in [0.1, 0.15) is 22.9 Å². The molecular formula is C16H15N3O4S2. The Morgan fingerprint density at radius 3 is 2.44 bits per heavy atom. The fourth-order valence-corrected chi connectivity index (χ4v) is 4.21. The molecule has 1 amide bonds. The first-order valence-electron chi connectivity index (χ1n) is 7.13. The molecule has 0 saturated heterocycles. The van der Waals surface area contributed by atoms with E-state index < -0.39 is 10.8 Å². The van der Waals surface area contributed by atoms with Crippen molar-refractivity contribution in [3.05, 3.63) is 35.5 Å². The monoisotopic (exact) mass is 377 g/mol. The van der Waals surface area contributed by atoms with Gasteiger partial charge in [-0.25, -0.2) is 9.97 Å². The molecule has 0 radical (unpaired) electrons. The normalized spacial score (nSPS) is 12.0. The summed E-state index contributed by atoms with van der Waals surface area (Å²) in [5, 5.41) is 4.92. The predicted octanol–water partition coefficient (Wildman–Crippen LogP) is 2.70. The van der Waals surface area contributed by atoms with Crippen molar-refractivity contribution in [3.8, 4) is 11.5 Å². The number of hydrogen-bond acceptors (Lipinski definition) is 7. The van der Waals surface area contributed by atoms with Gasteiger partial charge in [-0.1, -0.05) is 0 Å². The van der Waals surface area contributed by atoms with Gasteiger partial charge in [0.25, 0.3) is 5.91 Å². The summed E-state index contributed by atoms with van der Waals surface area (Å²) in [6, 6.07) is 5.10. The van der Waals surface area contributed by atoms with Gasteiger partial charge in [-0.3, -0.25) is 9.00 Å². The highest BCUT2D eigenvalue weighted by Crippen LogP contribution is 2.30. The van der Waals surface area contributed by atoms with E-state index in [1.54, 1.807) is 29.8 Å². The lowest BCUT2D eigenvalue weighted by Gasteiger charge is -2.09. The lowest BCUT2D eigenvalue weighted by atomic mass is 10.2. The highest BCUT2D eigenvalue weighted by molar-refractivity contribution is 7.84. The summed E-state index contributed by atoms with van der Waals surface area (Å²) in [5.74, 6) is 0.805. The topological polar surface area (TPSA) is 90.4 Å². The SMILES string of the molecule is COc1cc(NC(=O)c2csc3c([S@](C)=O)ncnc23)cc(OC)c1. The van der Waals surface area contributed by atoms with E-state index in [0.29, 0.717) is 38.0 Å². The number of amides is 1. The van der Waals surface area contributed by atoms with Crippen molar-refractivity contribution in [2.75, 3.05) is 25.8 Å². The Labute approximate surface area is 150 Å². The fraction of sp³-hybridized carbons (Fsp3) is 0.188. The van der Waals surface area contributed by atoms with Gasteiger partial charge in [0.2, 0.25) is 0 Å². The Bertz CT molecular complexity index is 949. The van der Waals surface area contributed by atoms with Crippen molar-refractivity contribution in [2.24, 2.45) is 0 Å². The zero-order chi connectivity index (χ0) is 18.0. The summed E-state index contributed by atoms with van der Waals surface area (Å²) >= 11 is 1.29. The number of aromatic nitrogens is 2. The first-order chi connectivity index (χ1) is 12.0. The fourth-order valence-electron chi connectivity index (χ4n) is 2.27. The van der Waals surface area contributed by atoms with Gasteiger partial charge in [-0.2, -0.15) is 0 Å². The van der Waals surface area contributed by atoms with Gasteiger partial charge < -0.3 is 14.8 Å². The molecule has 25 heavy (non-hydrogen) atoms. The molecule has 0 aliphatic carbocycles. The first kappa shape index (κ1) is 17.3. The van der Waals surface area contributed by atoms with Gasteiger partial charge in [-0.15, -0.1) is 11.3 Å². The quantitative estimate of drug-likeness (QED) is 0.688. The van der Waals surface area contributed by atoms with E-state index in [4.69, 9.17) is 9.47 Å². The minimum absolute atomic E-state index is 0.326. The van der Waals surface area contributed by atoms with Crippen LogP contribution in [0.4, 0.5) is 5.69 Å². The molecular weight excluding hydrogens is 362 g/mol. The summed E-state index contributed by atoms with van der Waals surface area (Å²) in [7, 11) is 1.82. The van der Waals surface area contributed by atoms with Crippen LogP contribution in [0.5, 0.6) is 11.5 Å². The molecule has 7 nitrogen and oxygen atoms in total. The number of ether oxygens (including phenoxy) is 2. The minimum Gasteiger partial charge on any atom is -0.497 e. The maximum absolute atomic E-state index is 12.6. The number of methoxy groups -OCH3 is 2. The molecule has 0 saturated carbocycles. The summed E-state index contributed by atoms with van der Waals surface area (Å²) in [4.78, 5) is 20.9. The van der Waals surface area contributed by atoms with Crippen molar-refractivity contribution < 1.29 is 18.5 Å². The molecule has 1 aromatic carbocycles. The van der Waals surface area contributed by atoms with Crippen LogP contribution in [-0.4, -0.2) is 40.6 Å². The van der Waals surface area contributed by atoms with E-state index in [2.05, 4.69) is 15.3 Å². The minimum atomic E-state index is -1.26. The first-order valence-corrected chi connectivity index (χ1v) is 9.57. The van der Waals surface area contributed by atoms with Gasteiger partial charge in [0.15, 0.2) is 0 Å². The van der Waals surface area contributed by atoms with E-state index >= 15 is 0 Å². The lowest BCUT2D eigenvalue weighted by molar-refractivity contribution is 0.102. The molecule has 1 atom stereocenters. The molecule has 130 valence electrons. The van der Waals surface area contributed by atoms with Crippen LogP contribution in [0.15, 0.2) is 34.9 Å². The van der Waals surface area contributed by atoms with Gasteiger partial charge in [-0.05, 0) is 0 Å². The van der Waals surface area contributed by atoms with Gasteiger partial charge >= 0.3 is 0 Å². The van der Waals surface area contributed by atoms with Crippen LogP contribution in [0.3, 0.4) is 0 Å². The summed E-state index contributed by atoms with van der Waals surface area (Å²) in [5.41, 5.74) is 1.42. The number of rotatable bonds is 5. The number of hydrogen-bond donors (Lipinski definition) is 1. The maximum atomic E-state index is 12.6. The van der Waals surface area contributed by atoms with Crippen molar-refractivity contribution in [2.45, 2.75) is 5.03 Å². The molecule has 0 aliphatic heterocycles. The van der Waals surface area contributed by atoms with Crippen molar-refractivity contribution >= 4 is 43.9 Å². The van der Waals surface area contributed by atoms with Crippen molar-refractivity contribution in [1.82, 2.24) is 9.97 Å². The van der Waals surface area contributed by atoms with E-state index in [-0.39, 0.29) is 5.91 Å². The number of carbonyl (C=O) groups excluding carboxylic acids is 1. The third-order valence-corrected chi connectivity index (χ3v) is 5.41. The lowest BCUT2D eigenvalue weighted by Crippen LogP contribution is -2.12. The molecule has 9 heteroatoms. The second kappa shape index (κ2) is 7.16. The average molecular weight is 377 g/mol. The molecule has 1 N–H and O–H groups in total. The average Bonchev–Trinajstić information content (AvgIpc) is 3.05. The highest BCUT2D eigenvalue weighted by Gasteiger charge is 2.18. The van der Waals surface area contributed by atoms with Crippen LogP contribution >= 0.6 is 11.3 Å². The Morgan fingerprint density at radius 1 is 1.16 bits per heavy atom. The van der Waals surface area contributed by atoms with Gasteiger partial charge in [0, 0.05) is 35.5 Å². The van der Waals surface area contributed by atoms with Crippen molar-refractivity contribution in [1.29, 1.82) is 0 Å². The van der Waals surface area contributed by atoms with Crippen LogP contribution in [0.1, 0.15) is 10.4 Å². The number of benzene rings is 1. The third kappa shape index (κ3) is 3.47. The summed E-state index contributed by atoms with van der Waals surface area (Å²) < 4.78 is 22.8. The molecule has 0 unspecified atom stereocenters. The molecule has 3 rings (SSSR count). The van der Waals surface area contributed by atoms with Crippen LogP contribution in [0.25, 0.3) is 10.2 Å². The Balaban J connectivity index is 1.96. The Kier molecular flexibility index (Phi) is 4.95. The molecule has 2 heterocycles. The smallest absolute Gasteiger partial charge is 0.258 e. The summed E-state index contributed by atoms with van der Waals surface area (Å²) in [6.07, 6.45) is 2.86. The molecule has 0 bridgehead atoms. The maximum Gasteiger partial charge on any atom is 0.258 e. The van der Waals surface area contributed by atoms with Crippen LogP contribution < -0.4 is 14.8 Å². The van der Waals surface area contributed by atoms with Crippen LogP contribution in [-0.2, 0) is 10.8 Å². The Morgan fingerprint density at radius 2 is 1.84 bits per heavy atom. The zero-order valence-corrected chi connectivity index (χ0v) is 15.4. The van der Waals surface area contributed by atoms with Gasteiger partial charge in [0.05, 0.1) is 40.8 Å². The number of fused-ring (bicyclic) bond motifs is 1. The molecule has 3 aromatic rings. The second-order valence-corrected chi connectivity index (χ2v) is 7.19. The number of thiophene rings is 1. The molecule has 0 spiro atoms. The molecule has 2 aromatic heterocycles. The van der Waals surface area contributed by atoms with E-state index in [0.717, 1.165) is 0 Å². The van der Waals surface area contributed by atoms with Crippen molar-refractivity contribution in [3.63, 3.8) is 0 Å². The third-order valence-electron chi connectivity index (χ3n) is 3.45. The number of nitrogens with one attached hydrogen (secondary N) is 1. The van der Waals surface area contributed by atoms with E-state index in [1.807, 2.05) is 0 Å². The zero-order valence-electron chi connectivity index (χ0n) is 13.7. The largest absolute Gasteiger partial charge is 0.497 e. The van der Waals surface area contributed by atoms with E-state index in [9.17, 15) is 9.00 Å². The molecule has 0 fully saturated rings. The van der Waals surface area contributed by atoms with E-state index in [1.165, 1.54) is 31.9 Å². The summed E-state index contributed by atoms with van der Waals surface area (Å²) in [6.45, 7) is 0. The Hall–Kier alpha value is -2.52. The highest BCUT2D eigenvalue weighted by atomic mass is 32.2. The standard InChI is InChI=1S/C16H15N3O4S2/c1-22-10-4-9(5-11(6-10)23-2)19-15(20)12-7-24-14-13(12)17-8-18-16(14)25(3)21/h4-8H,1-3H3,(H,19,20)/t25-/m0/s1.